The van der Waals surface area contributed by atoms with E-state index in [0.29, 0.717) is 5.92 Å². The van der Waals surface area contributed by atoms with Crippen molar-refractivity contribution >= 4 is 5.91 Å². The molecule has 0 radical (unpaired) electrons. The first-order valence-electron chi connectivity index (χ1n) is 6.35. The van der Waals surface area contributed by atoms with Gasteiger partial charge >= 0.3 is 0 Å². The van der Waals surface area contributed by atoms with Gasteiger partial charge in [0.15, 0.2) is 0 Å². The highest BCUT2D eigenvalue weighted by Gasteiger charge is 2.22. The van der Waals surface area contributed by atoms with Crippen LogP contribution in [-0.2, 0) is 4.79 Å². The topological polar surface area (TPSA) is 49.6 Å². The summed E-state index contributed by atoms with van der Waals surface area (Å²) < 4.78 is 0. The number of likely N-dealkylation sites (N-methyl/N-ethyl adjacent to an activating group) is 1. The predicted molar refractivity (Wildman–Crippen MR) is 66.1 cm³/mol. The van der Waals surface area contributed by atoms with Crippen LogP contribution in [0.2, 0.25) is 0 Å². The zero-order valence-electron chi connectivity index (χ0n) is 10.6. The number of likely N-dealkylation sites (tertiary alicyclic amines) is 1. The van der Waals surface area contributed by atoms with Crippen LogP contribution in [0.25, 0.3) is 0 Å². The van der Waals surface area contributed by atoms with Crippen LogP contribution in [-0.4, -0.2) is 55.0 Å². The van der Waals surface area contributed by atoms with Gasteiger partial charge in [-0.25, -0.2) is 0 Å². The maximum atomic E-state index is 11.3. The molecule has 0 aliphatic carbocycles. The number of nitrogens with two attached hydrogens (primary N) is 1. The van der Waals surface area contributed by atoms with Crippen LogP contribution >= 0.6 is 0 Å². The van der Waals surface area contributed by atoms with Gasteiger partial charge < -0.3 is 15.5 Å². The van der Waals surface area contributed by atoms with Gasteiger partial charge in [-0.3, -0.25) is 4.79 Å². The molecular weight excluding hydrogens is 202 g/mol. The van der Waals surface area contributed by atoms with Gasteiger partial charge in [-0.1, -0.05) is 6.92 Å². The fourth-order valence-electron chi connectivity index (χ4n) is 2.43. The molecule has 4 nitrogen and oxygen atoms in total. The summed E-state index contributed by atoms with van der Waals surface area (Å²) in [4.78, 5) is 15.7. The minimum absolute atomic E-state index is 0.214. The van der Waals surface area contributed by atoms with E-state index in [1.807, 2.05) is 4.90 Å². The average molecular weight is 227 g/mol. The monoisotopic (exact) mass is 227 g/mol. The molecule has 0 aromatic carbocycles. The maximum absolute atomic E-state index is 11.3. The number of hydrogen-bond donors (Lipinski definition) is 1. The van der Waals surface area contributed by atoms with Gasteiger partial charge in [0.05, 0.1) is 0 Å². The minimum Gasteiger partial charge on any atom is -0.343 e. The Morgan fingerprint density at radius 3 is 2.88 bits per heavy atom. The smallest absolute Gasteiger partial charge is 0.219 e. The first-order valence-corrected chi connectivity index (χ1v) is 6.35. The molecular formula is C12H25N3O. The third-order valence-corrected chi connectivity index (χ3v) is 3.37. The molecule has 0 bridgehead atoms. The lowest BCUT2D eigenvalue weighted by atomic mass is 9.97. The minimum atomic E-state index is 0.214. The molecule has 0 spiro atoms. The van der Waals surface area contributed by atoms with Crippen molar-refractivity contribution in [3.63, 3.8) is 0 Å². The largest absolute Gasteiger partial charge is 0.343 e. The lowest BCUT2D eigenvalue weighted by Gasteiger charge is -2.34. The molecule has 1 atom stereocenters. The van der Waals surface area contributed by atoms with Crippen LogP contribution in [0.5, 0.6) is 0 Å². The number of piperidine rings is 1. The van der Waals surface area contributed by atoms with Crippen LogP contribution in [0, 0.1) is 5.92 Å². The van der Waals surface area contributed by atoms with Crippen LogP contribution in [0.15, 0.2) is 0 Å². The van der Waals surface area contributed by atoms with E-state index < -0.39 is 0 Å². The highest BCUT2D eigenvalue weighted by Crippen LogP contribution is 2.17. The van der Waals surface area contributed by atoms with Crippen LogP contribution in [0.1, 0.15) is 26.7 Å². The molecule has 1 aliphatic rings. The fourth-order valence-corrected chi connectivity index (χ4v) is 2.43. The molecule has 0 aromatic rings. The van der Waals surface area contributed by atoms with Crippen molar-refractivity contribution in [3.8, 4) is 0 Å². The van der Waals surface area contributed by atoms with Crippen LogP contribution < -0.4 is 5.73 Å². The second-order valence-electron chi connectivity index (χ2n) is 4.66. The average Bonchev–Trinajstić information content (AvgIpc) is 2.29. The third-order valence-electron chi connectivity index (χ3n) is 3.37. The molecule has 1 fully saturated rings. The van der Waals surface area contributed by atoms with E-state index in [1.165, 1.54) is 6.42 Å². The summed E-state index contributed by atoms with van der Waals surface area (Å²) in [6.45, 7) is 9.52. The van der Waals surface area contributed by atoms with E-state index in [-0.39, 0.29) is 5.91 Å². The summed E-state index contributed by atoms with van der Waals surface area (Å²) in [5.41, 5.74) is 5.58. The zero-order chi connectivity index (χ0) is 12.0. The Morgan fingerprint density at radius 2 is 2.31 bits per heavy atom. The van der Waals surface area contributed by atoms with Crippen LogP contribution in [0.4, 0.5) is 0 Å². The Bertz CT molecular complexity index is 220. The fraction of sp³-hybridized carbons (Fsp3) is 0.917. The molecule has 0 saturated carbocycles. The maximum Gasteiger partial charge on any atom is 0.219 e. The van der Waals surface area contributed by atoms with E-state index in [9.17, 15) is 4.79 Å². The molecule has 1 amide bonds. The summed E-state index contributed by atoms with van der Waals surface area (Å²) in [6.07, 6.45) is 2.38. The van der Waals surface area contributed by atoms with Crippen molar-refractivity contribution in [2.24, 2.45) is 11.7 Å². The summed E-state index contributed by atoms with van der Waals surface area (Å²) in [6, 6.07) is 0. The number of rotatable bonds is 5. The highest BCUT2D eigenvalue weighted by molar-refractivity contribution is 5.73. The molecule has 0 aromatic heterocycles. The van der Waals surface area contributed by atoms with Crippen molar-refractivity contribution in [1.82, 2.24) is 9.80 Å². The molecule has 1 aliphatic heterocycles. The van der Waals surface area contributed by atoms with E-state index in [4.69, 9.17) is 5.73 Å². The summed E-state index contributed by atoms with van der Waals surface area (Å²) in [5.74, 6) is 0.843. The molecule has 1 heterocycles. The van der Waals surface area contributed by atoms with Gasteiger partial charge in [0.1, 0.15) is 0 Å². The number of hydrogen-bond acceptors (Lipinski definition) is 3. The molecule has 1 saturated heterocycles. The quantitative estimate of drug-likeness (QED) is 0.745. The molecule has 2 N–H and O–H groups in total. The standard InChI is InChI=1S/C12H25N3O/c1-3-14(8-6-13)9-12-5-4-7-15(10-12)11(2)16/h12H,3-10,13H2,1-2H3/t12-/m1/s1. The normalized spacial score (nSPS) is 21.5. The van der Waals surface area contributed by atoms with E-state index in [0.717, 1.165) is 45.7 Å². The highest BCUT2D eigenvalue weighted by atomic mass is 16.2. The number of carbonyl (C=O) groups is 1. The summed E-state index contributed by atoms with van der Waals surface area (Å²) >= 11 is 0. The Morgan fingerprint density at radius 1 is 1.56 bits per heavy atom. The Labute approximate surface area is 98.8 Å². The van der Waals surface area contributed by atoms with Crippen molar-refractivity contribution in [3.05, 3.63) is 0 Å². The van der Waals surface area contributed by atoms with Crippen LogP contribution in [0.3, 0.4) is 0 Å². The first-order chi connectivity index (χ1) is 7.67. The Kier molecular flexibility index (Phi) is 5.77. The predicted octanol–water partition coefficient (Wildman–Crippen LogP) is 0.526. The SMILES string of the molecule is CCN(CCN)C[C@H]1CCCN(C(C)=O)C1. The van der Waals surface area contributed by atoms with Crippen molar-refractivity contribution < 1.29 is 4.79 Å². The van der Waals surface area contributed by atoms with Gasteiger partial charge in [-0.15, -0.1) is 0 Å². The molecule has 16 heavy (non-hydrogen) atoms. The van der Waals surface area contributed by atoms with Gasteiger partial charge in [0, 0.05) is 39.6 Å². The lowest BCUT2D eigenvalue weighted by molar-refractivity contribution is -0.130. The van der Waals surface area contributed by atoms with Crippen molar-refractivity contribution in [1.29, 1.82) is 0 Å². The van der Waals surface area contributed by atoms with Gasteiger partial charge in [0.25, 0.3) is 0 Å². The molecule has 4 heteroatoms. The zero-order valence-corrected chi connectivity index (χ0v) is 10.6. The number of nitrogens with zero attached hydrogens (tertiary/aromatic N) is 2. The van der Waals surface area contributed by atoms with Gasteiger partial charge in [-0.05, 0) is 25.3 Å². The van der Waals surface area contributed by atoms with E-state index >= 15 is 0 Å². The molecule has 94 valence electrons. The van der Waals surface area contributed by atoms with Gasteiger partial charge in [0.2, 0.25) is 5.91 Å². The Hall–Kier alpha value is -0.610. The van der Waals surface area contributed by atoms with Gasteiger partial charge in [-0.2, -0.15) is 0 Å². The summed E-state index contributed by atoms with van der Waals surface area (Å²) in [7, 11) is 0. The third kappa shape index (κ3) is 4.10. The second-order valence-corrected chi connectivity index (χ2v) is 4.66. The lowest BCUT2D eigenvalue weighted by Crippen LogP contribution is -2.43. The molecule has 1 rings (SSSR count). The van der Waals surface area contributed by atoms with Crippen molar-refractivity contribution in [2.45, 2.75) is 26.7 Å². The second kappa shape index (κ2) is 6.86. The number of carbonyl (C=O) groups excluding carboxylic acids is 1. The first kappa shape index (κ1) is 13.5. The summed E-state index contributed by atoms with van der Waals surface area (Å²) in [5, 5.41) is 0. The number of amides is 1. The Balaban J connectivity index is 2.38. The van der Waals surface area contributed by atoms with E-state index in [1.54, 1.807) is 6.92 Å². The van der Waals surface area contributed by atoms with E-state index in [2.05, 4.69) is 11.8 Å². The van der Waals surface area contributed by atoms with Crippen molar-refractivity contribution in [2.75, 3.05) is 39.3 Å². The molecule has 0 unspecified atom stereocenters.